The molecule has 0 radical (unpaired) electrons. The maximum absolute atomic E-state index is 12.8. The van der Waals surface area contributed by atoms with E-state index in [9.17, 15) is 19.1 Å². The highest BCUT2D eigenvalue weighted by Gasteiger charge is 2.15. The number of ether oxygens (including phenoxy) is 1. The largest absolute Gasteiger partial charge is 0.466 e. The monoisotopic (exact) mass is 323 g/mol. The minimum Gasteiger partial charge on any atom is -0.466 e. The van der Waals surface area contributed by atoms with Crippen LogP contribution in [0.3, 0.4) is 0 Å². The second-order valence-corrected chi connectivity index (χ2v) is 5.07. The van der Waals surface area contributed by atoms with Gasteiger partial charge in [-0.3, -0.25) is 9.59 Å². The van der Waals surface area contributed by atoms with Gasteiger partial charge in [-0.2, -0.15) is 0 Å². The maximum Gasteiger partial charge on any atom is 0.307 e. The van der Waals surface area contributed by atoms with E-state index in [-0.39, 0.29) is 37.8 Å². The van der Waals surface area contributed by atoms with Crippen LogP contribution in [-0.4, -0.2) is 47.7 Å². The summed E-state index contributed by atoms with van der Waals surface area (Å²) in [6, 6.07) is 5.71. The molecule has 0 fully saturated rings. The average Bonchev–Trinajstić information content (AvgIpc) is 2.50. The molecule has 1 aromatic carbocycles. The van der Waals surface area contributed by atoms with Gasteiger partial charge in [-0.25, -0.2) is 4.39 Å². The molecule has 0 bridgehead atoms. The van der Waals surface area contributed by atoms with Gasteiger partial charge in [0.2, 0.25) is 5.91 Å². The molecule has 6 heteroatoms. The van der Waals surface area contributed by atoms with E-state index in [1.54, 1.807) is 32.1 Å². The van der Waals surface area contributed by atoms with E-state index in [4.69, 9.17) is 4.74 Å². The molecule has 0 aromatic heterocycles. The number of aliphatic hydroxyl groups excluding tert-OH is 1. The molecule has 1 unspecified atom stereocenters. The van der Waals surface area contributed by atoms with Crippen molar-refractivity contribution in [1.29, 1.82) is 0 Å². The number of carbonyl (C=O) groups is 2. The van der Waals surface area contributed by atoms with Crippen molar-refractivity contribution < 1.29 is 23.8 Å². The van der Waals surface area contributed by atoms with Gasteiger partial charge in [-0.1, -0.05) is 12.1 Å². The quantitative estimate of drug-likeness (QED) is 0.587. The van der Waals surface area contributed by atoms with Crippen LogP contribution in [-0.2, 0) is 14.3 Å². The van der Waals surface area contributed by atoms with Crippen LogP contribution in [0.2, 0.25) is 0 Å². The highest BCUT2D eigenvalue weighted by Crippen LogP contribution is 2.06. The van der Waals surface area contributed by atoms with Crippen molar-refractivity contribution in [2.24, 2.45) is 0 Å². The van der Waals surface area contributed by atoms with E-state index in [2.05, 4.69) is 0 Å². The van der Waals surface area contributed by atoms with Crippen LogP contribution in [0.5, 0.6) is 0 Å². The number of hydrogen-bond acceptors (Lipinski definition) is 4. The molecular formula is C17H22FNO4. The Kier molecular flexibility index (Phi) is 7.97. The van der Waals surface area contributed by atoms with Gasteiger partial charge in [0.05, 0.1) is 19.1 Å². The molecule has 0 saturated carbocycles. The zero-order valence-corrected chi connectivity index (χ0v) is 13.4. The average molecular weight is 323 g/mol. The van der Waals surface area contributed by atoms with Gasteiger partial charge in [0.15, 0.2) is 0 Å². The minimum absolute atomic E-state index is 0.0662. The lowest BCUT2D eigenvalue weighted by molar-refractivity contribution is -0.144. The first kappa shape index (κ1) is 18.8. The standard InChI is InChI=1S/C17H22FNO4/c1-3-23-17(22)10-11-19(12-13(2)20)16(21)9-6-14-4-7-15(18)8-5-14/h4-9,13,20H,3,10-12H2,1-2H3/b9-6+. The van der Waals surface area contributed by atoms with Crippen LogP contribution in [0.25, 0.3) is 6.08 Å². The Balaban J connectivity index is 2.66. The number of halogens is 1. The summed E-state index contributed by atoms with van der Waals surface area (Å²) in [4.78, 5) is 25.0. The fourth-order valence-electron chi connectivity index (χ4n) is 1.92. The molecule has 0 aliphatic rings. The minimum atomic E-state index is -0.708. The third kappa shape index (κ3) is 7.56. The lowest BCUT2D eigenvalue weighted by atomic mass is 10.2. The van der Waals surface area contributed by atoms with Crippen molar-refractivity contribution in [2.45, 2.75) is 26.4 Å². The van der Waals surface area contributed by atoms with Crippen LogP contribution in [0.15, 0.2) is 30.3 Å². The summed E-state index contributed by atoms with van der Waals surface area (Å²) in [7, 11) is 0. The lowest BCUT2D eigenvalue weighted by Gasteiger charge is -2.22. The van der Waals surface area contributed by atoms with Gasteiger partial charge < -0.3 is 14.7 Å². The summed E-state index contributed by atoms with van der Waals surface area (Å²) in [6.07, 6.45) is 2.25. The Bertz CT molecular complexity index is 540. The van der Waals surface area contributed by atoms with Crippen molar-refractivity contribution in [1.82, 2.24) is 4.90 Å². The number of amides is 1. The fourth-order valence-corrected chi connectivity index (χ4v) is 1.92. The number of nitrogens with zero attached hydrogens (tertiary/aromatic N) is 1. The molecule has 0 aliphatic heterocycles. The van der Waals surface area contributed by atoms with Gasteiger partial charge in [-0.15, -0.1) is 0 Å². The summed E-state index contributed by atoms with van der Waals surface area (Å²) in [5, 5.41) is 9.48. The second kappa shape index (κ2) is 9.74. The molecule has 0 heterocycles. The molecular weight excluding hydrogens is 301 g/mol. The molecule has 5 nitrogen and oxygen atoms in total. The predicted octanol–water partition coefficient (Wildman–Crippen LogP) is 2.00. The number of aliphatic hydroxyl groups is 1. The van der Waals surface area contributed by atoms with E-state index in [0.29, 0.717) is 5.56 Å². The first-order valence-corrected chi connectivity index (χ1v) is 7.48. The summed E-state index contributed by atoms with van der Waals surface area (Å²) >= 11 is 0. The van der Waals surface area contributed by atoms with E-state index in [1.807, 2.05) is 0 Å². The molecule has 1 aromatic rings. The molecule has 0 aliphatic carbocycles. The van der Waals surface area contributed by atoms with E-state index in [0.717, 1.165) is 0 Å². The Morgan fingerprint density at radius 3 is 2.57 bits per heavy atom. The number of hydrogen-bond donors (Lipinski definition) is 1. The normalized spacial score (nSPS) is 12.2. The smallest absolute Gasteiger partial charge is 0.307 e. The van der Waals surface area contributed by atoms with Crippen molar-refractivity contribution >= 4 is 18.0 Å². The fraction of sp³-hybridized carbons (Fsp3) is 0.412. The molecule has 23 heavy (non-hydrogen) atoms. The molecule has 0 spiro atoms. The van der Waals surface area contributed by atoms with E-state index < -0.39 is 12.1 Å². The van der Waals surface area contributed by atoms with Crippen molar-refractivity contribution in [3.63, 3.8) is 0 Å². The van der Waals surface area contributed by atoms with Crippen LogP contribution < -0.4 is 0 Å². The molecule has 1 rings (SSSR count). The summed E-state index contributed by atoms with van der Waals surface area (Å²) < 4.78 is 17.6. The number of esters is 1. The van der Waals surface area contributed by atoms with Gasteiger partial charge in [-0.05, 0) is 37.6 Å². The number of rotatable bonds is 8. The van der Waals surface area contributed by atoms with E-state index >= 15 is 0 Å². The van der Waals surface area contributed by atoms with Crippen molar-refractivity contribution in [2.75, 3.05) is 19.7 Å². The maximum atomic E-state index is 12.8. The second-order valence-electron chi connectivity index (χ2n) is 5.07. The Hall–Kier alpha value is -2.21. The predicted molar refractivity (Wildman–Crippen MR) is 84.9 cm³/mol. The SMILES string of the molecule is CCOC(=O)CCN(CC(C)O)C(=O)/C=C/c1ccc(F)cc1. The zero-order valence-electron chi connectivity index (χ0n) is 13.4. The van der Waals surface area contributed by atoms with Crippen LogP contribution >= 0.6 is 0 Å². The molecule has 0 saturated heterocycles. The van der Waals surface area contributed by atoms with Gasteiger partial charge in [0.25, 0.3) is 0 Å². The first-order chi connectivity index (χ1) is 10.9. The van der Waals surface area contributed by atoms with E-state index in [1.165, 1.54) is 23.1 Å². The zero-order chi connectivity index (χ0) is 17.2. The summed E-state index contributed by atoms with van der Waals surface area (Å²) in [5.41, 5.74) is 0.683. The third-order valence-corrected chi connectivity index (χ3v) is 2.98. The molecule has 1 N–H and O–H groups in total. The Morgan fingerprint density at radius 1 is 1.35 bits per heavy atom. The van der Waals surface area contributed by atoms with Gasteiger partial charge in [0.1, 0.15) is 5.82 Å². The molecule has 1 amide bonds. The summed E-state index contributed by atoms with van der Waals surface area (Å²) in [5.74, 6) is -1.07. The topological polar surface area (TPSA) is 66.8 Å². The highest BCUT2D eigenvalue weighted by atomic mass is 19.1. The van der Waals surface area contributed by atoms with Gasteiger partial charge in [0, 0.05) is 19.2 Å². The Morgan fingerprint density at radius 2 is 2.00 bits per heavy atom. The van der Waals surface area contributed by atoms with Crippen LogP contribution in [0, 0.1) is 5.82 Å². The molecule has 126 valence electrons. The Labute approximate surface area is 135 Å². The van der Waals surface area contributed by atoms with Crippen LogP contribution in [0.1, 0.15) is 25.8 Å². The van der Waals surface area contributed by atoms with Gasteiger partial charge >= 0.3 is 5.97 Å². The van der Waals surface area contributed by atoms with Crippen LogP contribution in [0.4, 0.5) is 4.39 Å². The number of carbonyl (C=O) groups excluding carboxylic acids is 2. The summed E-state index contributed by atoms with van der Waals surface area (Å²) in [6.45, 7) is 3.84. The first-order valence-electron chi connectivity index (χ1n) is 7.48. The highest BCUT2D eigenvalue weighted by molar-refractivity contribution is 5.92. The lowest BCUT2D eigenvalue weighted by Crippen LogP contribution is -2.37. The number of benzene rings is 1. The van der Waals surface area contributed by atoms with Crippen molar-refractivity contribution in [3.05, 3.63) is 41.7 Å². The molecule has 1 atom stereocenters. The third-order valence-electron chi connectivity index (χ3n) is 2.98. The van der Waals surface area contributed by atoms with Crippen molar-refractivity contribution in [3.8, 4) is 0 Å².